The van der Waals surface area contributed by atoms with Crippen LogP contribution in [0.2, 0.25) is 0 Å². The number of carbonyl (C=O) groups is 10. The number of hydrogen-bond acceptors (Lipinski definition) is 14. The van der Waals surface area contributed by atoms with Crippen LogP contribution in [0.1, 0.15) is 123 Å². The van der Waals surface area contributed by atoms with Crippen molar-refractivity contribution < 1.29 is 58.2 Å². The van der Waals surface area contributed by atoms with E-state index in [0.29, 0.717) is 49.9 Å². The maximum Gasteiger partial charge on any atom is 0.326 e. The summed E-state index contributed by atoms with van der Waals surface area (Å²) in [4.78, 5) is 156. The molecule has 14 N–H and O–H groups in total. The van der Waals surface area contributed by atoms with Crippen LogP contribution >= 0.6 is 0 Å². The number of likely N-dealkylation sites (tertiary alicyclic amines) is 3. The Morgan fingerprint density at radius 3 is 1.88 bits per heavy atom. The molecule has 464 valence electrons. The van der Waals surface area contributed by atoms with Gasteiger partial charge in [0.05, 0.1) is 19.0 Å². The van der Waals surface area contributed by atoms with E-state index in [-0.39, 0.29) is 82.4 Å². The first-order valence-electron chi connectivity index (χ1n) is 29.3. The van der Waals surface area contributed by atoms with Gasteiger partial charge in [0.1, 0.15) is 54.4 Å². The average molecular weight is 1180 g/mol. The molecule has 2 aromatic rings. The number of aliphatic carboxylic acids is 1. The highest BCUT2D eigenvalue weighted by Gasteiger charge is 2.44. The molecule has 1 aromatic carbocycles. The number of imidazole rings is 1. The van der Waals surface area contributed by atoms with Gasteiger partial charge < -0.3 is 78.6 Å². The van der Waals surface area contributed by atoms with E-state index < -0.39 is 126 Å². The monoisotopic (exact) mass is 1180 g/mol. The van der Waals surface area contributed by atoms with Gasteiger partial charge in [0.15, 0.2) is 5.96 Å². The Morgan fingerprint density at radius 1 is 0.714 bits per heavy atom. The molecule has 0 spiro atoms. The highest BCUT2D eigenvalue weighted by molar-refractivity contribution is 5.99. The minimum atomic E-state index is -1.71. The van der Waals surface area contributed by atoms with Gasteiger partial charge in [0.25, 0.3) is 0 Å². The number of hydrogen-bond donors (Lipinski definition) is 11. The van der Waals surface area contributed by atoms with Gasteiger partial charge >= 0.3 is 5.97 Å². The van der Waals surface area contributed by atoms with Crippen LogP contribution in [0.3, 0.4) is 0 Å². The number of aliphatic hydroxyl groups excluding tert-OH is 1. The SMILES string of the molecule is CCCC[C@H](N)C(=O)N1CCC[C@H]1C(=O)N(C)[C@@H](CC(C)C)C(=O)N[C@@H](Cc1cnc[nH]1)C(=O)N[C@@H](CO)C(=O)N[C@@H](CCCN=C(N)N)C(=O)N[C@H](C(=O)N1CCC[C@H]1C(=O)N[C@@H](Cc1ccccc1)C(=O)N1CCC[C@H]1C(=O)O)C(C)C. The Kier molecular flexibility index (Phi) is 25.9. The van der Waals surface area contributed by atoms with Crippen molar-refractivity contribution >= 4 is 65.1 Å². The molecule has 3 saturated heterocycles. The molecule has 3 aliphatic rings. The highest BCUT2D eigenvalue weighted by atomic mass is 16.4. The van der Waals surface area contributed by atoms with Gasteiger partial charge in [-0.05, 0) is 81.6 Å². The standard InChI is InChI=1S/C57H89N15O12/c1-7-8-18-37(58)52(79)71-25-14-21-43(71)54(81)69(6)45(27-33(2)3)51(78)65-39(29-36-30-61-32-63-36)48(75)67-41(31-73)49(76)64-38(19-12-23-62-57(59)60)47(74)68-46(34(4)5)55(82)70-24-13-20-42(70)50(77)66-40(28-35-16-10-9-11-17-35)53(80)72-26-15-22-44(72)56(83)84/h9-11,16-17,30,32-34,37-46,73H,7-8,12-15,18-29,31,58H2,1-6H3,(H,61,63)(H,64,76)(H,65,78)(H,66,77)(H,67,75)(H,68,74)(H,83,84)(H4,59,60,62)/t37-,38-,39-,40-,41-,42-,43-,44-,45-,46-/m0/s1. The molecule has 84 heavy (non-hydrogen) atoms. The zero-order chi connectivity index (χ0) is 61.8. The van der Waals surface area contributed by atoms with Crippen molar-refractivity contribution in [3.05, 3.63) is 54.1 Å². The lowest BCUT2D eigenvalue weighted by molar-refractivity contribution is -0.150. The van der Waals surface area contributed by atoms with Gasteiger partial charge in [-0.3, -0.25) is 48.1 Å². The number of nitrogens with zero attached hydrogens (tertiary/aromatic N) is 6. The third-order valence-electron chi connectivity index (χ3n) is 15.6. The number of aromatic nitrogens is 2. The van der Waals surface area contributed by atoms with E-state index in [1.54, 1.807) is 44.2 Å². The Morgan fingerprint density at radius 2 is 1.30 bits per heavy atom. The first-order chi connectivity index (χ1) is 40.0. The van der Waals surface area contributed by atoms with Crippen molar-refractivity contribution in [3.63, 3.8) is 0 Å². The smallest absolute Gasteiger partial charge is 0.326 e. The van der Waals surface area contributed by atoms with Crippen LogP contribution < -0.4 is 43.8 Å². The summed E-state index contributed by atoms with van der Waals surface area (Å²) in [7, 11) is 1.47. The summed E-state index contributed by atoms with van der Waals surface area (Å²) in [5.41, 5.74) is 18.5. The molecule has 0 saturated carbocycles. The lowest BCUT2D eigenvalue weighted by atomic mass is 9.99. The molecular formula is C57H89N15O12. The van der Waals surface area contributed by atoms with Crippen LogP contribution in [0.15, 0.2) is 47.8 Å². The fraction of sp³-hybridized carbons (Fsp3) is 0.649. The molecule has 4 heterocycles. The summed E-state index contributed by atoms with van der Waals surface area (Å²) in [6.45, 7) is 8.79. The normalized spacial score (nSPS) is 19.3. The number of amides is 9. The lowest BCUT2D eigenvalue weighted by Crippen LogP contribution is -2.61. The van der Waals surface area contributed by atoms with Crippen molar-refractivity contribution in [2.24, 2.45) is 34.0 Å². The van der Waals surface area contributed by atoms with Gasteiger partial charge in [0, 0.05) is 58.0 Å². The average Bonchev–Trinajstić information content (AvgIpc) is 4.45. The predicted octanol–water partition coefficient (Wildman–Crippen LogP) is -1.23. The second-order valence-electron chi connectivity index (χ2n) is 22.8. The number of H-pyrrole nitrogens is 1. The number of aliphatic hydroxyl groups is 1. The van der Waals surface area contributed by atoms with Gasteiger partial charge in [-0.1, -0.05) is 77.8 Å². The molecular weight excluding hydrogens is 1090 g/mol. The van der Waals surface area contributed by atoms with Crippen LogP contribution in [-0.2, 0) is 60.8 Å². The van der Waals surface area contributed by atoms with Crippen molar-refractivity contribution in [1.82, 2.24) is 56.2 Å². The topological polar surface area (TPSA) is 403 Å². The van der Waals surface area contributed by atoms with Gasteiger partial charge in [-0.25, -0.2) is 9.78 Å². The van der Waals surface area contributed by atoms with Crippen molar-refractivity contribution in [3.8, 4) is 0 Å². The number of carboxylic acid groups (broad SMARTS) is 1. The first kappa shape index (κ1) is 67.1. The summed E-state index contributed by atoms with van der Waals surface area (Å²) in [5.74, 6) is -8.16. The second-order valence-corrected chi connectivity index (χ2v) is 22.8. The molecule has 0 unspecified atom stereocenters. The molecule has 0 radical (unpaired) electrons. The van der Waals surface area contributed by atoms with Crippen molar-refractivity contribution in [1.29, 1.82) is 0 Å². The molecule has 1 aromatic heterocycles. The van der Waals surface area contributed by atoms with Crippen LogP contribution in [0.25, 0.3) is 0 Å². The van der Waals surface area contributed by atoms with E-state index in [4.69, 9.17) is 17.2 Å². The number of guanidine groups is 1. The number of likely N-dealkylation sites (N-methyl/N-ethyl adjacent to an activating group) is 1. The predicted molar refractivity (Wildman–Crippen MR) is 309 cm³/mol. The van der Waals surface area contributed by atoms with Gasteiger partial charge in [-0.2, -0.15) is 0 Å². The summed E-state index contributed by atoms with van der Waals surface area (Å²) in [6, 6.07) is -2.91. The van der Waals surface area contributed by atoms with Crippen molar-refractivity contribution in [2.45, 2.75) is 185 Å². The van der Waals surface area contributed by atoms with E-state index in [2.05, 4.69) is 41.5 Å². The quantitative estimate of drug-likeness (QED) is 0.0239. The maximum absolute atomic E-state index is 14.6. The van der Waals surface area contributed by atoms with Gasteiger partial charge in [-0.15, -0.1) is 0 Å². The summed E-state index contributed by atoms with van der Waals surface area (Å²) in [6.07, 6.45) is 7.22. The molecule has 0 aliphatic carbocycles. The number of aromatic amines is 1. The van der Waals surface area contributed by atoms with Crippen LogP contribution in [0.5, 0.6) is 0 Å². The third kappa shape index (κ3) is 18.7. The zero-order valence-electron chi connectivity index (χ0n) is 49.3. The Balaban J connectivity index is 1.32. The molecule has 3 aliphatic heterocycles. The first-order valence-corrected chi connectivity index (χ1v) is 29.3. The molecule has 27 nitrogen and oxygen atoms in total. The van der Waals surface area contributed by atoms with Crippen LogP contribution in [-0.4, -0.2) is 205 Å². The van der Waals surface area contributed by atoms with Gasteiger partial charge in [0.2, 0.25) is 53.2 Å². The largest absolute Gasteiger partial charge is 0.480 e. The maximum atomic E-state index is 14.6. The number of benzene rings is 1. The molecule has 5 rings (SSSR count). The number of nitrogens with two attached hydrogens (primary N) is 3. The van der Waals surface area contributed by atoms with E-state index in [0.717, 1.165) is 12.8 Å². The van der Waals surface area contributed by atoms with Crippen molar-refractivity contribution in [2.75, 3.05) is 39.8 Å². The molecule has 0 bridgehead atoms. The number of rotatable bonds is 31. The number of unbranched alkanes of at least 4 members (excludes halogenated alkanes) is 1. The Bertz CT molecular complexity index is 2600. The number of nitrogens with one attached hydrogen (secondary N) is 6. The number of aliphatic imine (C=N–C) groups is 1. The molecule has 27 heteroatoms. The van der Waals surface area contributed by atoms with Crippen LogP contribution in [0, 0.1) is 11.8 Å². The van der Waals surface area contributed by atoms with Crippen LogP contribution in [0.4, 0.5) is 0 Å². The lowest BCUT2D eigenvalue weighted by Gasteiger charge is -2.34. The number of carboxylic acids is 1. The summed E-state index contributed by atoms with van der Waals surface area (Å²) in [5, 5.41) is 33.9. The van der Waals surface area contributed by atoms with E-state index >= 15 is 0 Å². The zero-order valence-corrected chi connectivity index (χ0v) is 49.3. The summed E-state index contributed by atoms with van der Waals surface area (Å²) >= 11 is 0. The summed E-state index contributed by atoms with van der Waals surface area (Å²) < 4.78 is 0. The third-order valence-corrected chi connectivity index (χ3v) is 15.6. The van der Waals surface area contributed by atoms with E-state index in [1.165, 1.54) is 39.2 Å². The Labute approximate surface area is 490 Å². The fourth-order valence-electron chi connectivity index (χ4n) is 11.0. The van der Waals surface area contributed by atoms with E-state index in [9.17, 15) is 58.2 Å². The minimum absolute atomic E-state index is 0.0273. The second kappa shape index (κ2) is 32.4. The minimum Gasteiger partial charge on any atom is -0.480 e. The molecule has 9 amide bonds. The molecule has 3 fully saturated rings. The fourth-order valence-corrected chi connectivity index (χ4v) is 11.0. The molecule has 10 atom stereocenters. The Hall–Kier alpha value is -7.68. The number of carbonyl (C=O) groups excluding carboxylic acids is 9. The van der Waals surface area contributed by atoms with E-state index in [1.807, 2.05) is 20.8 Å². The highest BCUT2D eigenvalue weighted by Crippen LogP contribution is 2.26.